The normalized spacial score (nSPS) is 15.4. The zero-order valence-electron chi connectivity index (χ0n) is 53.8. The number of rotatable bonds is 15. The molecule has 11 nitrogen and oxygen atoms in total. The van der Waals surface area contributed by atoms with Crippen LogP contribution in [0.2, 0.25) is 0 Å². The predicted molar refractivity (Wildman–Crippen MR) is 380 cm³/mol. The number of nitrogens with zero attached hydrogens (tertiary/aromatic N) is 1. The Kier molecular flexibility index (Phi) is 48.4. The SMILES string of the molecule is BrBr.C1CNCCN1.CC(C)C(=O)Cl.COC1(c2ccc(SC)cc2)OC1(C)C.CSc1ccc(C(=O)C(C)(C)Br)cc1.CSc1ccc(C(=O)C(C)(C)N2CCNCC2)cc1.CSc1ccc(C(=O)C(C)C)cc1.CSc1ccccc1.C[O-].[Na+]. The van der Waals surface area contributed by atoms with Crippen molar-refractivity contribution in [2.75, 3.05) is 97.9 Å². The number of hydrogen-bond donors (Lipinski definition) is 3. The first-order chi connectivity index (χ1) is 40.3. The first kappa shape index (κ1) is 87.0. The number of piperazine rings is 2. The van der Waals surface area contributed by atoms with Gasteiger partial charge in [-0.15, -0.1) is 58.8 Å². The van der Waals surface area contributed by atoms with Crippen molar-refractivity contribution < 1.29 is 63.3 Å². The third-order valence-electron chi connectivity index (χ3n) is 12.9. The van der Waals surface area contributed by atoms with Gasteiger partial charge in [0.1, 0.15) is 5.60 Å². The summed E-state index contributed by atoms with van der Waals surface area (Å²) in [6.07, 6.45) is 10.2. The van der Waals surface area contributed by atoms with Crippen LogP contribution in [0.25, 0.3) is 0 Å². The van der Waals surface area contributed by atoms with Crippen molar-refractivity contribution in [2.45, 2.75) is 115 Å². The minimum Gasteiger partial charge on any atom is -0.857 e. The molecule has 3 aliphatic heterocycles. The number of ether oxygens (including phenoxy) is 2. The van der Waals surface area contributed by atoms with E-state index in [2.05, 4.69) is 114 Å². The largest absolute Gasteiger partial charge is 1.00 e. The minimum atomic E-state index is -0.538. The van der Waals surface area contributed by atoms with Crippen molar-refractivity contribution in [3.63, 3.8) is 0 Å². The summed E-state index contributed by atoms with van der Waals surface area (Å²) < 4.78 is 10.7. The van der Waals surface area contributed by atoms with Crippen molar-refractivity contribution in [2.24, 2.45) is 11.8 Å². The van der Waals surface area contributed by atoms with Gasteiger partial charge in [0, 0.05) is 146 Å². The summed E-state index contributed by atoms with van der Waals surface area (Å²) in [4.78, 5) is 54.4. The molecule has 474 valence electrons. The molecule has 1 atom stereocenters. The molecule has 3 saturated heterocycles. The maximum absolute atomic E-state index is 12.7. The van der Waals surface area contributed by atoms with Crippen LogP contribution in [-0.2, 0) is 20.1 Å². The number of thioether (sulfide) groups is 5. The smallest absolute Gasteiger partial charge is 0.857 e. The number of carbonyl (C=O) groups is 4. The van der Waals surface area contributed by atoms with Gasteiger partial charge in [-0.05, 0) is 145 Å². The summed E-state index contributed by atoms with van der Waals surface area (Å²) in [5.74, 6) is 0.0656. The maximum Gasteiger partial charge on any atom is 1.00 e. The van der Waals surface area contributed by atoms with Crippen LogP contribution >= 0.6 is 115 Å². The Balaban J connectivity index is 0. The van der Waals surface area contributed by atoms with E-state index < -0.39 is 15.7 Å². The average molecular weight is 1500 g/mol. The van der Waals surface area contributed by atoms with Crippen molar-refractivity contribution in [3.8, 4) is 0 Å². The quantitative estimate of drug-likeness (QED) is 0.0227. The van der Waals surface area contributed by atoms with Gasteiger partial charge >= 0.3 is 29.6 Å². The van der Waals surface area contributed by atoms with E-state index in [1.807, 2.05) is 165 Å². The number of hydrogen-bond acceptors (Lipinski definition) is 16. The van der Waals surface area contributed by atoms with E-state index in [0.717, 1.165) is 81.7 Å². The molecule has 8 rings (SSSR count). The first-order valence-electron chi connectivity index (χ1n) is 27.6. The summed E-state index contributed by atoms with van der Waals surface area (Å²) in [5, 5.41) is 17.8. The van der Waals surface area contributed by atoms with E-state index >= 15 is 0 Å². The number of halogens is 4. The van der Waals surface area contributed by atoms with Crippen LogP contribution in [0.3, 0.4) is 0 Å². The van der Waals surface area contributed by atoms with E-state index in [4.69, 9.17) is 26.2 Å². The molecule has 0 saturated carbocycles. The van der Waals surface area contributed by atoms with Gasteiger partial charge in [0.25, 0.3) is 0 Å². The molecular formula is C65H93Br3ClN4NaO7S5. The Bertz CT molecular complexity index is 2610. The van der Waals surface area contributed by atoms with E-state index in [0.29, 0.717) is 0 Å². The number of methoxy groups -OCH3 is 1. The Hall–Kier alpha value is -1.02. The van der Waals surface area contributed by atoms with Crippen LogP contribution < -0.4 is 50.6 Å². The fourth-order valence-corrected chi connectivity index (χ4v) is 10.0. The summed E-state index contributed by atoms with van der Waals surface area (Å²) in [7, 11) is 2.44. The number of ketones is 3. The Morgan fingerprint density at radius 3 is 1.13 bits per heavy atom. The molecule has 3 N–H and O–H groups in total. The number of epoxide rings is 1. The zero-order chi connectivity index (χ0) is 64.8. The number of alkyl halides is 1. The van der Waals surface area contributed by atoms with Crippen molar-refractivity contribution in [1.29, 1.82) is 0 Å². The molecule has 0 aliphatic carbocycles. The van der Waals surface area contributed by atoms with Gasteiger partial charge in [-0.25, -0.2) is 0 Å². The Morgan fingerprint density at radius 2 is 0.860 bits per heavy atom. The topological polar surface area (TPSA) is 152 Å². The summed E-state index contributed by atoms with van der Waals surface area (Å²) in [6, 6.07) is 42.0. The van der Waals surface area contributed by atoms with Crippen LogP contribution in [0.15, 0.2) is 152 Å². The molecule has 0 amide bonds. The van der Waals surface area contributed by atoms with E-state index in [-0.39, 0.29) is 69.6 Å². The Labute approximate surface area is 589 Å². The van der Waals surface area contributed by atoms with Crippen LogP contribution in [-0.4, -0.2) is 141 Å². The molecule has 21 heteroatoms. The van der Waals surface area contributed by atoms with Gasteiger partial charge in [0.2, 0.25) is 11.0 Å². The maximum atomic E-state index is 12.7. The molecule has 3 fully saturated rings. The molecule has 0 bridgehead atoms. The van der Waals surface area contributed by atoms with Gasteiger partial charge in [0.05, 0.1) is 9.86 Å². The van der Waals surface area contributed by atoms with Crippen LogP contribution in [0.5, 0.6) is 0 Å². The van der Waals surface area contributed by atoms with E-state index in [1.54, 1.807) is 79.8 Å². The average Bonchev–Trinajstić information content (AvgIpc) is 1.89. The number of nitrogens with one attached hydrogen (secondary N) is 3. The molecule has 86 heavy (non-hydrogen) atoms. The van der Waals surface area contributed by atoms with Crippen LogP contribution in [0.1, 0.15) is 106 Å². The molecule has 3 aliphatic rings. The second kappa shape index (κ2) is 47.8. The van der Waals surface area contributed by atoms with E-state index in [9.17, 15) is 19.2 Å². The minimum absolute atomic E-state index is 0. The fourth-order valence-electron chi connectivity index (χ4n) is 7.75. The number of benzene rings is 5. The number of carbonyl (C=O) groups excluding carboxylic acids is 4. The summed E-state index contributed by atoms with van der Waals surface area (Å²) >= 11 is 22.4. The molecule has 3 heterocycles. The monoisotopic (exact) mass is 1500 g/mol. The third-order valence-corrected chi connectivity index (χ3v) is 17.4. The fraction of sp³-hybridized carbons (Fsp3) is 0.477. The molecular weight excluding hydrogens is 1410 g/mol. The molecule has 5 aromatic carbocycles. The van der Waals surface area contributed by atoms with Crippen molar-refractivity contribution in [1.82, 2.24) is 20.9 Å². The van der Waals surface area contributed by atoms with Crippen molar-refractivity contribution in [3.05, 3.63) is 150 Å². The molecule has 1 unspecified atom stereocenters. The molecule has 0 radical (unpaired) electrons. The second-order valence-electron chi connectivity index (χ2n) is 20.8. The summed E-state index contributed by atoms with van der Waals surface area (Å²) in [5.41, 5.74) is 2.82. The van der Waals surface area contributed by atoms with Gasteiger partial charge < -0.3 is 30.5 Å². The zero-order valence-corrected chi connectivity index (χ0v) is 65.4. The molecule has 0 aromatic heterocycles. The van der Waals surface area contributed by atoms with Gasteiger partial charge in [-0.2, -0.15) is 7.11 Å². The van der Waals surface area contributed by atoms with E-state index in [1.165, 1.54) is 24.5 Å². The third kappa shape index (κ3) is 32.5. The van der Waals surface area contributed by atoms with Crippen LogP contribution in [0, 0.1) is 11.8 Å². The van der Waals surface area contributed by atoms with Gasteiger partial charge in [-0.3, -0.25) is 24.1 Å². The molecule has 5 aromatic rings. The van der Waals surface area contributed by atoms with Crippen LogP contribution in [0.4, 0.5) is 0 Å². The van der Waals surface area contributed by atoms with Crippen molar-refractivity contribution >= 4 is 137 Å². The van der Waals surface area contributed by atoms with Gasteiger partial charge in [0.15, 0.2) is 17.3 Å². The molecule has 0 spiro atoms. The second-order valence-corrected chi connectivity index (χ2v) is 27.5. The summed E-state index contributed by atoms with van der Waals surface area (Å²) in [6.45, 7) is 27.6. The standard InChI is InChI=1S/C15H22N2OS.C12H16O2S.C11H13BrOS.C11H14OS.C7H8S.C4H7ClO.C4H10N2.CH3O.Br2.Na/c1-15(2,17-10-8-16-9-11-17)14(18)12-4-6-13(19-3)7-5-12;1-11(2)12(13-3,14-11)9-5-7-10(15-4)8-6-9;1-11(2,12)10(13)8-4-6-9(14-3)7-5-8;1-8(2)11(12)9-4-6-10(13-3)7-5-9;1-8-7-5-3-2-4-6-7;1-3(2)4(5)6;1-2-6-4-3-5-1;2*1-2;/h4-7,16H,8-11H2,1-3H3;5-8H,1-4H3;4-7H,1-3H3;4-8H,1-3H3;2-6H,1H3;3H,1-2H3;5-6H,1-4H2;1H3;;/q;;;;;;;-1;;+1. The number of Topliss-reactive ketones (excluding diaryl/α,β-unsaturated/α-hetero) is 3. The predicted octanol–water partition coefficient (Wildman–Crippen LogP) is 13.0. The Morgan fingerprint density at radius 1 is 0.558 bits per heavy atom. The van der Waals surface area contributed by atoms with Gasteiger partial charge in [-0.1, -0.05) is 110 Å². The first-order valence-corrected chi connectivity index (χ1v) is 38.6.